The van der Waals surface area contributed by atoms with Crippen molar-refractivity contribution in [1.82, 2.24) is 9.80 Å². The Kier molecular flexibility index (Phi) is 13.0. The van der Waals surface area contributed by atoms with Crippen LogP contribution in [0.2, 0.25) is 0 Å². The van der Waals surface area contributed by atoms with E-state index in [-0.39, 0.29) is 32.9 Å². The molecule has 0 saturated carbocycles. The summed E-state index contributed by atoms with van der Waals surface area (Å²) in [5.74, 6) is -0.696. The molecule has 1 heterocycles. The number of ether oxygens (including phenoxy) is 4. The lowest BCUT2D eigenvalue weighted by Gasteiger charge is -2.37. The average Bonchev–Trinajstić information content (AvgIpc) is 2.84. The third kappa shape index (κ3) is 14.6. The minimum Gasteiger partial charge on any atom is -0.459 e. The molecule has 0 radical (unpaired) electrons. The number of carbonyl (C=O) groups excluding carboxylic acids is 3. The summed E-state index contributed by atoms with van der Waals surface area (Å²) in [6.07, 6.45) is -1.57. The standard InChI is InChI=1S/C29H47N2O11P/c1-27(2,3)40-24(32)18-30(25(33)38-21-39-43(35,41-28(4,5)6)42-29(7,8)9)17-23-20-36-16-15-31(23)26(34)37-19-22-13-11-10-12-14-22/h10-14,23H,15-21H2,1-9H3/t23-/m0/s1. The number of rotatable bonds is 11. The minimum atomic E-state index is -4.17. The molecular formula is C29H47N2O11P. The van der Waals surface area contributed by atoms with Crippen LogP contribution in [0.5, 0.6) is 0 Å². The molecule has 43 heavy (non-hydrogen) atoms. The molecule has 2 amide bonds. The van der Waals surface area contributed by atoms with Crippen molar-refractivity contribution in [2.24, 2.45) is 0 Å². The molecule has 1 aromatic carbocycles. The van der Waals surface area contributed by atoms with Crippen LogP contribution in [0.4, 0.5) is 9.59 Å². The van der Waals surface area contributed by atoms with Gasteiger partial charge in [0.05, 0.1) is 30.5 Å². The van der Waals surface area contributed by atoms with Crippen molar-refractivity contribution >= 4 is 26.0 Å². The fourth-order valence-electron chi connectivity index (χ4n) is 3.81. The minimum absolute atomic E-state index is 0.0675. The lowest BCUT2D eigenvalue weighted by Crippen LogP contribution is -2.55. The number of amides is 2. The monoisotopic (exact) mass is 630 g/mol. The number of hydrogen-bond donors (Lipinski definition) is 0. The number of carbonyl (C=O) groups is 3. The summed E-state index contributed by atoms with van der Waals surface area (Å²) >= 11 is 0. The molecule has 1 atom stereocenters. The molecule has 1 aliphatic rings. The van der Waals surface area contributed by atoms with Crippen LogP contribution >= 0.6 is 7.82 Å². The highest BCUT2D eigenvalue weighted by Gasteiger charge is 2.38. The second-order valence-electron chi connectivity index (χ2n) is 12.9. The highest BCUT2D eigenvalue weighted by atomic mass is 31.2. The van der Waals surface area contributed by atoms with Gasteiger partial charge in [0.25, 0.3) is 0 Å². The Balaban J connectivity index is 2.15. The second kappa shape index (κ2) is 15.3. The van der Waals surface area contributed by atoms with E-state index < -0.39 is 62.2 Å². The summed E-state index contributed by atoms with van der Waals surface area (Å²) in [5.41, 5.74) is -1.78. The fourth-order valence-corrected chi connectivity index (χ4v) is 5.48. The van der Waals surface area contributed by atoms with Gasteiger partial charge in [0.15, 0.2) is 0 Å². The van der Waals surface area contributed by atoms with Crippen molar-refractivity contribution in [3.05, 3.63) is 35.9 Å². The van der Waals surface area contributed by atoms with Gasteiger partial charge in [0.1, 0.15) is 18.8 Å². The van der Waals surface area contributed by atoms with E-state index in [4.69, 9.17) is 32.5 Å². The SMILES string of the molecule is CC(C)(C)OC(=O)CN(C[C@H]1COCCN1C(=O)OCc1ccccc1)C(=O)OCOP(=O)(OC(C)(C)C)OC(C)(C)C. The zero-order chi connectivity index (χ0) is 32.5. The molecule has 1 aromatic rings. The van der Waals surface area contributed by atoms with Gasteiger partial charge in [-0.3, -0.25) is 23.6 Å². The van der Waals surface area contributed by atoms with E-state index in [9.17, 15) is 18.9 Å². The Morgan fingerprint density at radius 2 is 1.53 bits per heavy atom. The first-order valence-corrected chi connectivity index (χ1v) is 15.6. The molecule has 0 N–H and O–H groups in total. The third-order valence-corrected chi connectivity index (χ3v) is 7.23. The van der Waals surface area contributed by atoms with Crippen LogP contribution < -0.4 is 0 Å². The van der Waals surface area contributed by atoms with Crippen molar-refractivity contribution in [3.63, 3.8) is 0 Å². The van der Waals surface area contributed by atoms with Crippen molar-refractivity contribution in [2.45, 2.75) is 91.8 Å². The van der Waals surface area contributed by atoms with Crippen LogP contribution in [0.1, 0.15) is 67.9 Å². The first-order valence-electron chi connectivity index (χ1n) is 14.1. The first-order chi connectivity index (χ1) is 19.8. The van der Waals surface area contributed by atoms with E-state index >= 15 is 0 Å². The molecule has 244 valence electrons. The van der Waals surface area contributed by atoms with Crippen LogP contribution in [-0.4, -0.2) is 90.4 Å². The quantitative estimate of drug-likeness (QED) is 0.132. The zero-order valence-corrected chi connectivity index (χ0v) is 27.6. The van der Waals surface area contributed by atoms with E-state index in [0.29, 0.717) is 0 Å². The maximum absolute atomic E-state index is 13.3. The predicted octanol–water partition coefficient (Wildman–Crippen LogP) is 5.52. The van der Waals surface area contributed by atoms with E-state index in [1.807, 2.05) is 30.3 Å². The zero-order valence-electron chi connectivity index (χ0n) is 26.7. The average molecular weight is 631 g/mol. The molecule has 1 aliphatic heterocycles. The van der Waals surface area contributed by atoms with Crippen molar-refractivity contribution in [1.29, 1.82) is 0 Å². The van der Waals surface area contributed by atoms with Gasteiger partial charge in [0.2, 0.25) is 6.79 Å². The smallest absolute Gasteiger partial charge is 0.459 e. The number of phosphoric acid groups is 1. The second-order valence-corrected chi connectivity index (χ2v) is 14.5. The molecule has 0 aliphatic carbocycles. The van der Waals surface area contributed by atoms with E-state index in [1.165, 1.54) is 4.90 Å². The topological polar surface area (TPSA) is 139 Å². The van der Waals surface area contributed by atoms with Crippen molar-refractivity contribution < 1.29 is 51.5 Å². The van der Waals surface area contributed by atoms with Crippen LogP contribution in [0, 0.1) is 0 Å². The number of morpholine rings is 1. The lowest BCUT2D eigenvalue weighted by atomic mass is 10.2. The Labute approximate surface area is 254 Å². The molecule has 1 saturated heterocycles. The Bertz CT molecular complexity index is 1090. The van der Waals surface area contributed by atoms with Crippen LogP contribution in [0.3, 0.4) is 0 Å². The number of benzene rings is 1. The molecule has 14 heteroatoms. The summed E-state index contributed by atoms with van der Waals surface area (Å²) in [4.78, 5) is 41.4. The van der Waals surface area contributed by atoms with Gasteiger partial charge in [0, 0.05) is 13.1 Å². The summed E-state index contributed by atoms with van der Waals surface area (Å²) in [6.45, 7) is 14.3. The number of nitrogens with zero attached hydrogens (tertiary/aromatic N) is 2. The highest BCUT2D eigenvalue weighted by molar-refractivity contribution is 7.48. The van der Waals surface area contributed by atoms with Crippen LogP contribution in [-0.2, 0) is 48.5 Å². The normalized spacial score (nSPS) is 16.4. The summed E-state index contributed by atoms with van der Waals surface area (Å²) in [7, 11) is -4.17. The highest BCUT2D eigenvalue weighted by Crippen LogP contribution is 2.55. The molecule has 2 rings (SSSR count). The lowest BCUT2D eigenvalue weighted by molar-refractivity contribution is -0.156. The van der Waals surface area contributed by atoms with Gasteiger partial charge in [-0.05, 0) is 67.9 Å². The molecule has 0 unspecified atom stereocenters. The molecule has 1 fully saturated rings. The van der Waals surface area contributed by atoms with E-state index in [1.54, 1.807) is 62.3 Å². The van der Waals surface area contributed by atoms with E-state index in [2.05, 4.69) is 0 Å². The third-order valence-electron chi connectivity index (χ3n) is 5.26. The largest absolute Gasteiger partial charge is 0.478 e. The van der Waals surface area contributed by atoms with Gasteiger partial charge in [-0.25, -0.2) is 18.7 Å². The van der Waals surface area contributed by atoms with Crippen molar-refractivity contribution in [2.75, 3.05) is 39.6 Å². The van der Waals surface area contributed by atoms with Gasteiger partial charge < -0.3 is 18.9 Å². The molecule has 0 bridgehead atoms. The Hall–Kier alpha value is -2.70. The Morgan fingerprint density at radius 1 is 0.930 bits per heavy atom. The fraction of sp³-hybridized carbons (Fsp3) is 0.690. The Morgan fingerprint density at radius 3 is 2.09 bits per heavy atom. The van der Waals surface area contributed by atoms with Gasteiger partial charge in [-0.2, -0.15) is 0 Å². The van der Waals surface area contributed by atoms with Crippen molar-refractivity contribution in [3.8, 4) is 0 Å². The molecule has 0 spiro atoms. The predicted molar refractivity (Wildman–Crippen MR) is 157 cm³/mol. The number of phosphoric ester groups is 1. The summed E-state index contributed by atoms with van der Waals surface area (Å²) in [6, 6.07) is 8.56. The molecular weight excluding hydrogens is 583 g/mol. The summed E-state index contributed by atoms with van der Waals surface area (Å²) < 4.78 is 51.4. The molecule has 13 nitrogen and oxygen atoms in total. The van der Waals surface area contributed by atoms with Gasteiger partial charge >= 0.3 is 26.0 Å². The van der Waals surface area contributed by atoms with E-state index in [0.717, 1.165) is 10.5 Å². The maximum atomic E-state index is 13.3. The molecule has 0 aromatic heterocycles. The van der Waals surface area contributed by atoms with Gasteiger partial charge in [-0.15, -0.1) is 0 Å². The first kappa shape index (κ1) is 36.5. The summed E-state index contributed by atoms with van der Waals surface area (Å²) in [5, 5.41) is 0. The maximum Gasteiger partial charge on any atom is 0.478 e. The number of hydrogen-bond acceptors (Lipinski definition) is 11. The van der Waals surface area contributed by atoms with Crippen LogP contribution in [0.15, 0.2) is 30.3 Å². The van der Waals surface area contributed by atoms with Crippen LogP contribution in [0.25, 0.3) is 0 Å². The number of esters is 1. The van der Waals surface area contributed by atoms with Gasteiger partial charge in [-0.1, -0.05) is 30.3 Å².